The summed E-state index contributed by atoms with van der Waals surface area (Å²) < 4.78 is 28.5. The summed E-state index contributed by atoms with van der Waals surface area (Å²) in [5.41, 5.74) is 5.01. The van der Waals surface area contributed by atoms with Gasteiger partial charge >= 0.3 is 0 Å². The first-order valence-corrected chi connectivity index (χ1v) is 12.3. The highest BCUT2D eigenvalue weighted by Gasteiger charge is 2.25. The Labute approximate surface area is 226 Å². The van der Waals surface area contributed by atoms with E-state index in [1.807, 2.05) is 67.6 Å². The molecule has 0 radical (unpaired) electrons. The lowest BCUT2D eigenvalue weighted by molar-refractivity contribution is 0.102. The highest BCUT2D eigenvalue weighted by atomic mass is 16.5. The molecule has 5 aromatic rings. The molecule has 0 saturated carbocycles. The Morgan fingerprint density at radius 2 is 1.26 bits per heavy atom. The van der Waals surface area contributed by atoms with E-state index < -0.39 is 0 Å². The van der Waals surface area contributed by atoms with E-state index in [9.17, 15) is 4.79 Å². The van der Waals surface area contributed by atoms with Gasteiger partial charge in [-0.2, -0.15) is 0 Å². The van der Waals surface area contributed by atoms with Crippen LogP contribution in [0.1, 0.15) is 15.9 Å². The summed E-state index contributed by atoms with van der Waals surface area (Å²) in [6, 6.07) is 24.3. The maximum absolute atomic E-state index is 13.8. The number of hydrogen-bond donors (Lipinski definition) is 1. The van der Waals surface area contributed by atoms with E-state index in [0.29, 0.717) is 45.2 Å². The number of nitrogens with one attached hydrogen (secondary N) is 1. The maximum Gasteiger partial charge on any atom is 0.256 e. The monoisotopic (exact) mass is 523 g/mol. The molecule has 4 aromatic carbocycles. The van der Waals surface area contributed by atoms with Gasteiger partial charge in [0, 0.05) is 34.3 Å². The molecule has 0 atom stereocenters. The number of carbonyl (C=O) groups is 1. The molecule has 1 aromatic heterocycles. The van der Waals surface area contributed by atoms with E-state index in [-0.39, 0.29) is 5.91 Å². The van der Waals surface area contributed by atoms with Crippen molar-refractivity contribution < 1.29 is 28.2 Å². The molecule has 0 aliphatic carbocycles. The van der Waals surface area contributed by atoms with Crippen LogP contribution in [0.3, 0.4) is 0 Å². The smallest absolute Gasteiger partial charge is 0.256 e. The summed E-state index contributed by atoms with van der Waals surface area (Å²) in [6.45, 7) is 2.00. The van der Waals surface area contributed by atoms with Crippen LogP contribution in [0.5, 0.6) is 23.0 Å². The SMILES string of the molecule is COc1ccc(-c2oc3cc(OC)cc(C(=O)Nc4ccc(C)cc4)c3c2-c2cc(OC)cc(OC)c2)cc1. The van der Waals surface area contributed by atoms with Crippen molar-refractivity contribution in [2.45, 2.75) is 6.92 Å². The van der Waals surface area contributed by atoms with Gasteiger partial charge in [0.05, 0.1) is 34.0 Å². The molecule has 1 heterocycles. The minimum atomic E-state index is -0.291. The predicted molar refractivity (Wildman–Crippen MR) is 152 cm³/mol. The zero-order chi connectivity index (χ0) is 27.5. The van der Waals surface area contributed by atoms with Crippen molar-refractivity contribution in [3.05, 3.63) is 90.0 Å². The molecule has 7 nitrogen and oxygen atoms in total. The Kier molecular flexibility index (Phi) is 7.14. The zero-order valence-corrected chi connectivity index (χ0v) is 22.5. The number of benzene rings is 4. The highest BCUT2D eigenvalue weighted by Crippen LogP contribution is 2.45. The first kappa shape index (κ1) is 25.7. The Morgan fingerprint density at radius 1 is 0.667 bits per heavy atom. The van der Waals surface area contributed by atoms with Gasteiger partial charge in [-0.25, -0.2) is 0 Å². The van der Waals surface area contributed by atoms with Crippen molar-refractivity contribution in [1.29, 1.82) is 0 Å². The molecule has 1 amide bonds. The summed E-state index contributed by atoms with van der Waals surface area (Å²) in [5, 5.41) is 3.66. The molecule has 1 N–H and O–H groups in total. The van der Waals surface area contributed by atoms with Crippen molar-refractivity contribution in [2.24, 2.45) is 0 Å². The van der Waals surface area contributed by atoms with Crippen LogP contribution in [-0.2, 0) is 0 Å². The van der Waals surface area contributed by atoms with Crippen molar-refractivity contribution in [2.75, 3.05) is 33.8 Å². The number of methoxy groups -OCH3 is 4. The minimum Gasteiger partial charge on any atom is -0.497 e. The van der Waals surface area contributed by atoms with Gasteiger partial charge in [0.2, 0.25) is 0 Å². The van der Waals surface area contributed by atoms with E-state index in [0.717, 1.165) is 28.0 Å². The second-order valence-electron chi connectivity index (χ2n) is 9.00. The van der Waals surface area contributed by atoms with Gasteiger partial charge in [-0.1, -0.05) is 17.7 Å². The predicted octanol–water partition coefficient (Wildman–Crippen LogP) is 7.36. The van der Waals surface area contributed by atoms with Gasteiger partial charge in [-0.3, -0.25) is 4.79 Å². The van der Waals surface area contributed by atoms with E-state index in [4.69, 9.17) is 23.4 Å². The third kappa shape index (κ3) is 5.11. The van der Waals surface area contributed by atoms with Crippen LogP contribution >= 0.6 is 0 Å². The minimum absolute atomic E-state index is 0.291. The van der Waals surface area contributed by atoms with Crippen molar-refractivity contribution in [3.8, 4) is 45.4 Å². The van der Waals surface area contributed by atoms with Crippen LogP contribution in [0.2, 0.25) is 0 Å². The number of anilines is 1. The Balaban J connectivity index is 1.79. The number of carbonyl (C=O) groups excluding carboxylic acids is 1. The molecule has 0 saturated heterocycles. The van der Waals surface area contributed by atoms with Crippen LogP contribution in [0.25, 0.3) is 33.4 Å². The van der Waals surface area contributed by atoms with Crippen molar-refractivity contribution in [1.82, 2.24) is 0 Å². The lowest BCUT2D eigenvalue weighted by Crippen LogP contribution is -2.12. The number of hydrogen-bond acceptors (Lipinski definition) is 6. The highest BCUT2D eigenvalue weighted by molar-refractivity contribution is 6.18. The van der Waals surface area contributed by atoms with Crippen LogP contribution in [0.15, 0.2) is 83.3 Å². The maximum atomic E-state index is 13.8. The van der Waals surface area contributed by atoms with Gasteiger partial charge in [-0.15, -0.1) is 0 Å². The van der Waals surface area contributed by atoms with Gasteiger partial charge < -0.3 is 28.7 Å². The Bertz CT molecular complexity index is 1610. The molecule has 0 bridgehead atoms. The molecule has 0 spiro atoms. The van der Waals surface area contributed by atoms with E-state index in [1.165, 1.54) is 0 Å². The van der Waals surface area contributed by atoms with Gasteiger partial charge in [-0.05, 0) is 67.1 Å². The molecule has 0 aliphatic rings. The lowest BCUT2D eigenvalue weighted by atomic mass is 9.95. The van der Waals surface area contributed by atoms with Gasteiger partial charge in [0.1, 0.15) is 34.3 Å². The number of aryl methyl sites for hydroxylation is 1. The second-order valence-corrected chi connectivity index (χ2v) is 9.00. The van der Waals surface area contributed by atoms with E-state index >= 15 is 0 Å². The third-order valence-electron chi connectivity index (χ3n) is 6.55. The van der Waals surface area contributed by atoms with Crippen LogP contribution in [0.4, 0.5) is 5.69 Å². The fraction of sp³-hybridized carbons (Fsp3) is 0.156. The van der Waals surface area contributed by atoms with Crippen LogP contribution in [-0.4, -0.2) is 34.3 Å². The summed E-state index contributed by atoms with van der Waals surface area (Å²) in [5.74, 6) is 2.74. The normalized spacial score (nSPS) is 10.8. The van der Waals surface area contributed by atoms with E-state index in [1.54, 1.807) is 46.6 Å². The average molecular weight is 524 g/mol. The standard InChI is InChI=1S/C32H29NO6/c1-19-6-10-22(11-7-19)33-32(34)27-17-26(38-5)18-28-30(27)29(21-14-24(36-3)16-25(15-21)37-4)31(39-28)20-8-12-23(35-2)13-9-20/h6-18H,1-5H3,(H,33,34). The fourth-order valence-electron chi connectivity index (χ4n) is 4.51. The number of fused-ring (bicyclic) bond motifs is 1. The molecule has 0 unspecified atom stereocenters. The van der Waals surface area contributed by atoms with Crippen LogP contribution < -0.4 is 24.3 Å². The van der Waals surface area contributed by atoms with Gasteiger partial charge in [0.25, 0.3) is 5.91 Å². The van der Waals surface area contributed by atoms with E-state index in [2.05, 4.69) is 5.32 Å². The summed E-state index contributed by atoms with van der Waals surface area (Å²) in [6.07, 6.45) is 0. The molecule has 5 rings (SSSR count). The number of amides is 1. The first-order valence-electron chi connectivity index (χ1n) is 12.3. The first-order chi connectivity index (χ1) is 18.9. The summed E-state index contributed by atoms with van der Waals surface area (Å²) in [4.78, 5) is 13.8. The topological polar surface area (TPSA) is 79.2 Å². The molecular weight excluding hydrogens is 494 g/mol. The lowest BCUT2D eigenvalue weighted by Gasteiger charge is -2.12. The van der Waals surface area contributed by atoms with Crippen molar-refractivity contribution in [3.63, 3.8) is 0 Å². The molecular formula is C32H29NO6. The second kappa shape index (κ2) is 10.8. The van der Waals surface area contributed by atoms with Crippen LogP contribution in [0, 0.1) is 6.92 Å². The quantitative estimate of drug-likeness (QED) is 0.229. The summed E-state index contributed by atoms with van der Waals surface area (Å²) in [7, 11) is 6.38. The fourth-order valence-corrected chi connectivity index (χ4v) is 4.51. The molecule has 0 aliphatic heterocycles. The third-order valence-corrected chi connectivity index (χ3v) is 6.55. The molecule has 198 valence electrons. The number of rotatable bonds is 8. The molecule has 7 heteroatoms. The summed E-state index contributed by atoms with van der Waals surface area (Å²) >= 11 is 0. The van der Waals surface area contributed by atoms with Gasteiger partial charge in [0.15, 0.2) is 0 Å². The zero-order valence-electron chi connectivity index (χ0n) is 22.5. The van der Waals surface area contributed by atoms with Crippen molar-refractivity contribution >= 4 is 22.6 Å². The molecule has 0 fully saturated rings. The Hall–Kier alpha value is -4.91. The Morgan fingerprint density at radius 3 is 1.85 bits per heavy atom. The largest absolute Gasteiger partial charge is 0.497 e. The molecule has 39 heavy (non-hydrogen) atoms. The average Bonchev–Trinajstić information content (AvgIpc) is 3.37. The number of ether oxygens (including phenoxy) is 4. The number of furan rings is 1.